The number of nitrogens with zero attached hydrogens (tertiary/aromatic N) is 2. The third-order valence-corrected chi connectivity index (χ3v) is 3.12. The van der Waals surface area contributed by atoms with Gasteiger partial charge in [0.05, 0.1) is 7.11 Å². The van der Waals surface area contributed by atoms with Crippen molar-refractivity contribution in [1.29, 1.82) is 0 Å². The number of methoxy groups -OCH3 is 1. The van der Waals surface area contributed by atoms with Crippen molar-refractivity contribution in [2.24, 2.45) is 0 Å². The molecule has 0 aliphatic rings. The van der Waals surface area contributed by atoms with Gasteiger partial charge in [-0.2, -0.15) is 0 Å². The van der Waals surface area contributed by atoms with Gasteiger partial charge in [0.25, 0.3) is 0 Å². The van der Waals surface area contributed by atoms with Crippen LogP contribution in [0.2, 0.25) is 10.3 Å². The molecule has 94 valence electrons. The van der Waals surface area contributed by atoms with E-state index in [2.05, 4.69) is 16.3 Å². The summed E-state index contributed by atoms with van der Waals surface area (Å²) in [6.07, 6.45) is 0. The largest absolute Gasteiger partial charge is 0.496 e. The van der Waals surface area contributed by atoms with Crippen LogP contribution in [0.25, 0.3) is 11.1 Å². The summed E-state index contributed by atoms with van der Waals surface area (Å²) < 4.78 is 5.41. The summed E-state index contributed by atoms with van der Waals surface area (Å²) >= 11 is 12.0. The summed E-state index contributed by atoms with van der Waals surface area (Å²) in [5.41, 5.74) is 3.80. The minimum absolute atomic E-state index is 0.302. The smallest absolute Gasteiger partial charge is 0.159 e. The van der Waals surface area contributed by atoms with E-state index in [0.717, 1.165) is 28.0 Å². The maximum absolute atomic E-state index is 6.08. The first-order chi connectivity index (χ1) is 8.52. The highest BCUT2D eigenvalue weighted by Gasteiger charge is 2.15. The van der Waals surface area contributed by atoms with Crippen LogP contribution in [0.5, 0.6) is 5.75 Å². The Balaban J connectivity index is 2.74. The van der Waals surface area contributed by atoms with Crippen LogP contribution in [0.4, 0.5) is 0 Å². The summed E-state index contributed by atoms with van der Waals surface area (Å²) in [5, 5.41) is 8.14. The first-order valence-corrected chi connectivity index (χ1v) is 6.13. The lowest BCUT2D eigenvalue weighted by atomic mass is 9.99. The molecule has 2 rings (SSSR count). The average molecular weight is 283 g/mol. The van der Waals surface area contributed by atoms with E-state index in [1.54, 1.807) is 13.2 Å². The van der Waals surface area contributed by atoms with Crippen molar-refractivity contribution >= 4 is 23.2 Å². The molecule has 0 radical (unpaired) electrons. The molecule has 0 spiro atoms. The van der Waals surface area contributed by atoms with Crippen molar-refractivity contribution < 1.29 is 4.74 Å². The second-order valence-corrected chi connectivity index (χ2v) is 4.78. The Bertz CT molecular complexity index is 600. The molecule has 2 aromatic rings. The van der Waals surface area contributed by atoms with E-state index in [0.29, 0.717) is 10.3 Å². The van der Waals surface area contributed by atoms with Crippen LogP contribution in [-0.2, 0) is 0 Å². The molecule has 0 aliphatic heterocycles. The molecule has 0 saturated carbocycles. The SMILES string of the molecule is COc1cc(C)cc(C)c1-c1cc(Cl)nnc1Cl. The number of rotatable bonds is 2. The van der Waals surface area contributed by atoms with Crippen molar-refractivity contribution in [3.63, 3.8) is 0 Å². The lowest BCUT2D eigenvalue weighted by Gasteiger charge is -2.13. The maximum atomic E-state index is 6.08. The number of aromatic nitrogens is 2. The van der Waals surface area contributed by atoms with Crippen LogP contribution in [0.15, 0.2) is 18.2 Å². The van der Waals surface area contributed by atoms with E-state index in [1.807, 2.05) is 19.9 Å². The molecule has 5 heteroatoms. The zero-order valence-corrected chi connectivity index (χ0v) is 11.8. The minimum atomic E-state index is 0.302. The van der Waals surface area contributed by atoms with E-state index >= 15 is 0 Å². The normalized spacial score (nSPS) is 10.5. The van der Waals surface area contributed by atoms with Crippen molar-refractivity contribution in [2.75, 3.05) is 7.11 Å². The molecule has 3 nitrogen and oxygen atoms in total. The predicted molar refractivity (Wildman–Crippen MR) is 73.5 cm³/mol. The Hall–Kier alpha value is -1.32. The molecule has 0 aliphatic carbocycles. The fourth-order valence-electron chi connectivity index (χ4n) is 1.96. The second-order valence-electron chi connectivity index (χ2n) is 4.03. The predicted octanol–water partition coefficient (Wildman–Crippen LogP) is 4.08. The fourth-order valence-corrected chi connectivity index (χ4v) is 2.30. The van der Waals surface area contributed by atoms with Gasteiger partial charge in [0.15, 0.2) is 10.3 Å². The van der Waals surface area contributed by atoms with Crippen molar-refractivity contribution in [3.8, 4) is 16.9 Å². The lowest BCUT2D eigenvalue weighted by molar-refractivity contribution is 0.416. The fraction of sp³-hybridized carbons (Fsp3) is 0.231. The van der Waals surface area contributed by atoms with Crippen LogP contribution in [0.3, 0.4) is 0 Å². The van der Waals surface area contributed by atoms with E-state index in [4.69, 9.17) is 27.9 Å². The number of benzene rings is 1. The summed E-state index contributed by atoms with van der Waals surface area (Å²) in [5.74, 6) is 0.749. The maximum Gasteiger partial charge on any atom is 0.159 e. The number of hydrogen-bond acceptors (Lipinski definition) is 3. The van der Waals surface area contributed by atoms with E-state index < -0.39 is 0 Å². The number of halogens is 2. The molecule has 0 amide bonds. The molecule has 18 heavy (non-hydrogen) atoms. The molecule has 0 fully saturated rings. The zero-order valence-electron chi connectivity index (χ0n) is 10.3. The number of ether oxygens (including phenoxy) is 1. The highest BCUT2D eigenvalue weighted by atomic mass is 35.5. The summed E-state index contributed by atoms with van der Waals surface area (Å²) in [4.78, 5) is 0. The summed E-state index contributed by atoms with van der Waals surface area (Å²) in [7, 11) is 1.63. The van der Waals surface area contributed by atoms with Crippen molar-refractivity contribution in [2.45, 2.75) is 13.8 Å². The van der Waals surface area contributed by atoms with E-state index in [1.165, 1.54) is 0 Å². The summed E-state index contributed by atoms with van der Waals surface area (Å²) in [6, 6.07) is 5.70. The average Bonchev–Trinajstić information content (AvgIpc) is 2.32. The van der Waals surface area contributed by atoms with Crippen LogP contribution < -0.4 is 4.74 Å². The van der Waals surface area contributed by atoms with Crippen LogP contribution in [0, 0.1) is 13.8 Å². The standard InChI is InChI=1S/C13H12Cl2N2O/c1-7-4-8(2)12(10(5-7)18-3)9-6-11(14)16-17-13(9)15/h4-6H,1-3H3. The first-order valence-electron chi connectivity index (χ1n) is 5.37. The topological polar surface area (TPSA) is 35.0 Å². The van der Waals surface area contributed by atoms with Crippen molar-refractivity contribution in [1.82, 2.24) is 10.2 Å². The Morgan fingerprint density at radius 3 is 2.44 bits per heavy atom. The quantitative estimate of drug-likeness (QED) is 0.833. The van der Waals surface area contributed by atoms with Crippen molar-refractivity contribution in [3.05, 3.63) is 39.6 Å². The van der Waals surface area contributed by atoms with Gasteiger partial charge < -0.3 is 4.74 Å². The van der Waals surface area contributed by atoms with Crippen LogP contribution in [0.1, 0.15) is 11.1 Å². The summed E-state index contributed by atoms with van der Waals surface area (Å²) in [6.45, 7) is 4.01. The molecule has 0 saturated heterocycles. The van der Waals surface area contributed by atoms with Gasteiger partial charge >= 0.3 is 0 Å². The molecule has 0 bridgehead atoms. The van der Waals surface area contributed by atoms with E-state index in [-0.39, 0.29) is 0 Å². The molecular formula is C13H12Cl2N2O. The Morgan fingerprint density at radius 2 is 1.78 bits per heavy atom. The van der Waals surface area contributed by atoms with E-state index in [9.17, 15) is 0 Å². The number of aryl methyl sites for hydroxylation is 2. The molecular weight excluding hydrogens is 271 g/mol. The van der Waals surface area contributed by atoms with Gasteiger partial charge in [-0.1, -0.05) is 29.3 Å². The van der Waals surface area contributed by atoms with Gasteiger partial charge in [0, 0.05) is 11.1 Å². The highest BCUT2D eigenvalue weighted by Crippen LogP contribution is 2.37. The van der Waals surface area contributed by atoms with Gasteiger partial charge in [-0.15, -0.1) is 10.2 Å². The molecule has 1 aromatic carbocycles. The molecule has 0 unspecified atom stereocenters. The van der Waals surface area contributed by atoms with Gasteiger partial charge in [-0.05, 0) is 37.1 Å². The molecule has 0 atom stereocenters. The minimum Gasteiger partial charge on any atom is -0.496 e. The molecule has 1 aromatic heterocycles. The van der Waals surface area contributed by atoms with Gasteiger partial charge in [-0.25, -0.2) is 0 Å². The second kappa shape index (κ2) is 5.12. The molecule has 1 heterocycles. The zero-order chi connectivity index (χ0) is 13.3. The lowest BCUT2D eigenvalue weighted by Crippen LogP contribution is -1.95. The van der Waals surface area contributed by atoms with Gasteiger partial charge in [0.2, 0.25) is 0 Å². The number of hydrogen-bond donors (Lipinski definition) is 0. The molecule has 0 N–H and O–H groups in total. The third kappa shape index (κ3) is 2.42. The Kier molecular flexibility index (Phi) is 3.73. The third-order valence-electron chi connectivity index (χ3n) is 2.65. The van der Waals surface area contributed by atoms with Gasteiger partial charge in [-0.3, -0.25) is 0 Å². The monoisotopic (exact) mass is 282 g/mol. The van der Waals surface area contributed by atoms with Crippen LogP contribution >= 0.6 is 23.2 Å². The first kappa shape index (κ1) is 13.1. The van der Waals surface area contributed by atoms with Gasteiger partial charge in [0.1, 0.15) is 5.75 Å². The Morgan fingerprint density at radius 1 is 1.06 bits per heavy atom. The highest BCUT2D eigenvalue weighted by molar-refractivity contribution is 6.33. The Labute approximate surface area is 116 Å². The van der Waals surface area contributed by atoms with Crippen LogP contribution in [-0.4, -0.2) is 17.3 Å².